The Morgan fingerprint density at radius 2 is 2.09 bits per heavy atom. The second kappa shape index (κ2) is 9.23. The Morgan fingerprint density at radius 3 is 2.82 bits per heavy atom. The third-order valence-corrected chi connectivity index (χ3v) is 6.90. The highest BCUT2D eigenvalue weighted by Gasteiger charge is 2.31. The standard InChI is InChI=1S/C22H22Cl2N6O3/c23-15-9-17(33-6-1-25)20-19(14-10-26-27-11-14)16-12-29(2-3-30(16)22(20)21(15)24)18(31)13-28-4-7-32-8-5-28/h9-11H,2-8,12-13H2,(H,26,27). The van der Waals surface area contributed by atoms with Crippen LogP contribution in [0.3, 0.4) is 0 Å². The number of H-pyrrole nitrogens is 1. The largest absolute Gasteiger partial charge is 0.478 e. The van der Waals surface area contributed by atoms with Crippen molar-refractivity contribution in [3.63, 3.8) is 0 Å². The fraction of sp³-hybridized carbons (Fsp3) is 0.409. The summed E-state index contributed by atoms with van der Waals surface area (Å²) in [7, 11) is 0. The lowest BCUT2D eigenvalue weighted by Crippen LogP contribution is -2.46. The molecule has 1 N–H and O–H groups in total. The maximum atomic E-state index is 13.1. The summed E-state index contributed by atoms with van der Waals surface area (Å²) in [6.45, 7) is 4.61. The molecule has 0 bridgehead atoms. The number of morpholine rings is 1. The third kappa shape index (κ3) is 4.04. The van der Waals surface area contributed by atoms with Crippen molar-refractivity contribution in [1.82, 2.24) is 24.6 Å². The summed E-state index contributed by atoms with van der Waals surface area (Å²) >= 11 is 13.1. The van der Waals surface area contributed by atoms with Gasteiger partial charge in [0.15, 0.2) is 6.61 Å². The fourth-order valence-corrected chi connectivity index (χ4v) is 5.02. The molecule has 0 atom stereocenters. The zero-order valence-corrected chi connectivity index (χ0v) is 19.3. The molecule has 0 unspecified atom stereocenters. The van der Waals surface area contributed by atoms with Crippen molar-refractivity contribution in [3.05, 3.63) is 34.2 Å². The Kier molecular flexibility index (Phi) is 6.17. The van der Waals surface area contributed by atoms with Gasteiger partial charge in [-0.2, -0.15) is 10.4 Å². The summed E-state index contributed by atoms with van der Waals surface area (Å²) in [4.78, 5) is 17.1. The molecule has 0 spiro atoms. The minimum absolute atomic E-state index is 0.0802. The molecule has 11 heteroatoms. The zero-order valence-electron chi connectivity index (χ0n) is 17.8. The molecule has 1 aromatic carbocycles. The van der Waals surface area contributed by atoms with Gasteiger partial charge < -0.3 is 18.9 Å². The Balaban J connectivity index is 1.59. The third-order valence-electron chi connectivity index (χ3n) is 6.12. The van der Waals surface area contributed by atoms with Crippen LogP contribution in [0.2, 0.25) is 10.0 Å². The molecule has 2 aromatic heterocycles. The van der Waals surface area contributed by atoms with E-state index in [1.54, 1.807) is 18.5 Å². The van der Waals surface area contributed by atoms with Gasteiger partial charge >= 0.3 is 0 Å². The molecule has 1 saturated heterocycles. The maximum absolute atomic E-state index is 13.1. The van der Waals surface area contributed by atoms with Crippen molar-refractivity contribution in [2.24, 2.45) is 0 Å². The van der Waals surface area contributed by atoms with Crippen LogP contribution in [-0.4, -0.2) is 76.5 Å². The Bertz CT molecular complexity index is 1230. The summed E-state index contributed by atoms with van der Waals surface area (Å²) in [5, 5.41) is 17.6. The maximum Gasteiger partial charge on any atom is 0.237 e. The lowest BCUT2D eigenvalue weighted by Gasteiger charge is -2.33. The van der Waals surface area contributed by atoms with E-state index in [0.717, 1.165) is 40.8 Å². The van der Waals surface area contributed by atoms with Gasteiger partial charge in [0, 0.05) is 55.3 Å². The highest BCUT2D eigenvalue weighted by molar-refractivity contribution is 6.45. The molecule has 3 aromatic rings. The van der Waals surface area contributed by atoms with Gasteiger partial charge in [-0.15, -0.1) is 0 Å². The molecule has 172 valence electrons. The number of aromatic nitrogens is 3. The van der Waals surface area contributed by atoms with E-state index in [1.165, 1.54) is 0 Å². The van der Waals surface area contributed by atoms with E-state index in [4.69, 9.17) is 37.9 Å². The minimum atomic E-state index is -0.122. The molecule has 1 fully saturated rings. The van der Waals surface area contributed by atoms with Crippen LogP contribution in [-0.2, 0) is 22.6 Å². The van der Waals surface area contributed by atoms with Crippen molar-refractivity contribution >= 4 is 40.0 Å². The van der Waals surface area contributed by atoms with Crippen LogP contribution in [0.4, 0.5) is 0 Å². The number of hydrogen-bond donors (Lipinski definition) is 1. The molecule has 0 aliphatic carbocycles. The first-order valence-corrected chi connectivity index (χ1v) is 11.4. The molecule has 5 rings (SSSR count). The number of carbonyl (C=O) groups excluding carboxylic acids is 1. The summed E-state index contributed by atoms with van der Waals surface area (Å²) in [5.41, 5.74) is 3.38. The monoisotopic (exact) mass is 488 g/mol. The molecular weight excluding hydrogens is 467 g/mol. The molecule has 2 aliphatic heterocycles. The van der Waals surface area contributed by atoms with Gasteiger partial charge in [-0.05, 0) is 0 Å². The summed E-state index contributed by atoms with van der Waals surface area (Å²) in [6, 6.07) is 3.64. The van der Waals surface area contributed by atoms with Gasteiger partial charge in [0.25, 0.3) is 0 Å². The van der Waals surface area contributed by atoms with E-state index in [0.29, 0.717) is 55.2 Å². The summed E-state index contributed by atoms with van der Waals surface area (Å²) in [6.07, 6.45) is 3.52. The fourth-order valence-electron chi connectivity index (χ4n) is 4.58. The van der Waals surface area contributed by atoms with Gasteiger partial charge in [0.2, 0.25) is 5.91 Å². The molecule has 33 heavy (non-hydrogen) atoms. The lowest BCUT2D eigenvalue weighted by atomic mass is 10.0. The first-order chi connectivity index (χ1) is 16.1. The van der Waals surface area contributed by atoms with E-state index in [-0.39, 0.29) is 12.5 Å². The van der Waals surface area contributed by atoms with E-state index < -0.39 is 0 Å². The number of benzene rings is 1. The topological polar surface area (TPSA) is 99.4 Å². The average molecular weight is 489 g/mol. The van der Waals surface area contributed by atoms with Crippen molar-refractivity contribution in [3.8, 4) is 22.9 Å². The number of amides is 1. The Labute approximate surface area is 200 Å². The number of rotatable bonds is 5. The molecule has 0 radical (unpaired) electrons. The molecule has 1 amide bonds. The number of nitrogens with zero attached hydrogens (tertiary/aromatic N) is 5. The average Bonchev–Trinajstić information content (AvgIpc) is 3.47. The number of halogens is 2. The summed E-state index contributed by atoms with van der Waals surface area (Å²) < 4.78 is 13.2. The zero-order chi connectivity index (χ0) is 22.9. The normalized spacial score (nSPS) is 16.6. The number of carbonyl (C=O) groups is 1. The van der Waals surface area contributed by atoms with E-state index in [1.807, 2.05) is 11.0 Å². The smallest absolute Gasteiger partial charge is 0.237 e. The first-order valence-electron chi connectivity index (χ1n) is 10.7. The predicted molar refractivity (Wildman–Crippen MR) is 123 cm³/mol. The second-order valence-electron chi connectivity index (χ2n) is 8.01. The van der Waals surface area contributed by atoms with Crippen molar-refractivity contribution in [1.29, 1.82) is 5.26 Å². The van der Waals surface area contributed by atoms with Gasteiger partial charge in [0.1, 0.15) is 11.8 Å². The Morgan fingerprint density at radius 1 is 1.27 bits per heavy atom. The van der Waals surface area contributed by atoms with E-state index >= 15 is 0 Å². The van der Waals surface area contributed by atoms with Crippen molar-refractivity contribution < 1.29 is 14.3 Å². The van der Waals surface area contributed by atoms with Crippen LogP contribution in [0.25, 0.3) is 22.0 Å². The van der Waals surface area contributed by atoms with E-state index in [2.05, 4.69) is 19.7 Å². The number of hydrogen-bond acceptors (Lipinski definition) is 6. The number of nitriles is 1. The van der Waals surface area contributed by atoms with Gasteiger partial charge in [-0.3, -0.25) is 14.8 Å². The van der Waals surface area contributed by atoms with Crippen LogP contribution in [0.1, 0.15) is 5.69 Å². The number of fused-ring (bicyclic) bond motifs is 3. The van der Waals surface area contributed by atoms with Crippen molar-refractivity contribution in [2.75, 3.05) is 46.0 Å². The molecule has 0 saturated carbocycles. The van der Waals surface area contributed by atoms with E-state index in [9.17, 15) is 4.79 Å². The Hall–Kier alpha value is -2.77. The number of nitrogens with one attached hydrogen (secondary N) is 1. The predicted octanol–water partition coefficient (Wildman–Crippen LogP) is 2.91. The van der Waals surface area contributed by atoms with Crippen LogP contribution in [0, 0.1) is 11.3 Å². The van der Waals surface area contributed by atoms with Gasteiger partial charge in [-0.1, -0.05) is 23.2 Å². The van der Waals surface area contributed by atoms with Crippen LogP contribution in [0.5, 0.6) is 5.75 Å². The van der Waals surface area contributed by atoms with Gasteiger partial charge in [0.05, 0.1) is 53.4 Å². The first kappa shape index (κ1) is 22.0. The highest BCUT2D eigenvalue weighted by Crippen LogP contribution is 2.47. The quantitative estimate of drug-likeness (QED) is 0.592. The molecule has 4 heterocycles. The minimum Gasteiger partial charge on any atom is -0.478 e. The lowest BCUT2D eigenvalue weighted by molar-refractivity contribution is -0.134. The van der Waals surface area contributed by atoms with Crippen molar-refractivity contribution in [2.45, 2.75) is 13.1 Å². The SMILES string of the molecule is N#CCOc1cc(Cl)c(Cl)c2c1c(-c1cn[nH]c1)c1n2CCN(C(=O)CN2CCOCC2)C1. The molecule has 9 nitrogen and oxygen atoms in total. The van der Waals surface area contributed by atoms with Crippen LogP contribution < -0.4 is 4.74 Å². The second-order valence-corrected chi connectivity index (χ2v) is 8.79. The van der Waals surface area contributed by atoms with Crippen LogP contribution >= 0.6 is 23.2 Å². The van der Waals surface area contributed by atoms with Crippen LogP contribution in [0.15, 0.2) is 18.5 Å². The highest BCUT2D eigenvalue weighted by atomic mass is 35.5. The number of ether oxygens (including phenoxy) is 2. The summed E-state index contributed by atoms with van der Waals surface area (Å²) in [5.74, 6) is 0.557. The molecular formula is C22H22Cl2N6O3. The van der Waals surface area contributed by atoms with Gasteiger partial charge in [-0.25, -0.2) is 0 Å². The molecule has 2 aliphatic rings. The number of aromatic amines is 1.